The summed E-state index contributed by atoms with van der Waals surface area (Å²) in [5, 5.41) is 3.11. The predicted molar refractivity (Wildman–Crippen MR) is 144 cm³/mol. The molecule has 3 aromatic rings. The van der Waals surface area contributed by atoms with E-state index in [-0.39, 0.29) is 18.2 Å². The number of carbonyl (C=O) groups excluding carboxylic acids is 3. The first kappa shape index (κ1) is 26.2. The summed E-state index contributed by atoms with van der Waals surface area (Å²) in [6.07, 6.45) is 0.00648. The van der Waals surface area contributed by atoms with Gasteiger partial charge < -0.3 is 14.8 Å². The van der Waals surface area contributed by atoms with Crippen LogP contribution in [0.5, 0.6) is 5.75 Å². The van der Waals surface area contributed by atoms with Crippen LogP contribution in [0.15, 0.2) is 77.8 Å². The first-order chi connectivity index (χ1) is 17.9. The third-order valence-corrected chi connectivity index (χ3v) is 7.00. The Morgan fingerprint density at radius 3 is 2.32 bits per heavy atom. The number of benzene rings is 3. The van der Waals surface area contributed by atoms with Gasteiger partial charge in [-0.1, -0.05) is 35.5 Å². The first-order valence-corrected chi connectivity index (χ1v) is 12.6. The van der Waals surface area contributed by atoms with Gasteiger partial charge in [-0.3, -0.25) is 14.5 Å². The summed E-state index contributed by atoms with van der Waals surface area (Å²) in [5.41, 5.74) is 2.38. The summed E-state index contributed by atoms with van der Waals surface area (Å²) >= 11 is 7.23. The van der Waals surface area contributed by atoms with Crippen LogP contribution in [0.1, 0.15) is 22.3 Å². The second-order valence-corrected chi connectivity index (χ2v) is 9.67. The smallest absolute Gasteiger partial charge is 0.337 e. The average molecular weight is 538 g/mol. The Morgan fingerprint density at radius 2 is 1.70 bits per heavy atom. The Kier molecular flexibility index (Phi) is 8.47. The lowest BCUT2D eigenvalue weighted by atomic mass is 10.1. The summed E-state index contributed by atoms with van der Waals surface area (Å²) in [7, 11) is 2.89. The van der Waals surface area contributed by atoms with Crippen molar-refractivity contribution in [3.05, 3.63) is 88.9 Å². The number of amides is 2. The first-order valence-electron chi connectivity index (χ1n) is 11.3. The highest BCUT2D eigenvalue weighted by Crippen LogP contribution is 2.31. The van der Waals surface area contributed by atoms with E-state index in [9.17, 15) is 14.4 Å². The minimum atomic E-state index is -0.689. The molecule has 1 N–H and O–H groups in total. The molecule has 3 aromatic carbocycles. The monoisotopic (exact) mass is 537 g/mol. The highest BCUT2D eigenvalue weighted by Gasteiger charge is 2.36. The number of aliphatic imine (C=N–C) groups is 1. The molecule has 1 fully saturated rings. The van der Waals surface area contributed by atoms with Crippen molar-refractivity contribution in [2.45, 2.75) is 18.2 Å². The van der Waals surface area contributed by atoms with Crippen molar-refractivity contribution in [3.63, 3.8) is 0 Å². The van der Waals surface area contributed by atoms with Crippen LogP contribution in [0.3, 0.4) is 0 Å². The number of rotatable bonds is 7. The molecule has 1 aliphatic heterocycles. The lowest BCUT2D eigenvalue weighted by Crippen LogP contribution is -2.44. The van der Waals surface area contributed by atoms with E-state index in [4.69, 9.17) is 21.1 Å². The maximum Gasteiger partial charge on any atom is 0.337 e. The maximum absolute atomic E-state index is 13.3. The number of hydrogen-bond acceptors (Lipinski definition) is 7. The molecule has 0 aliphatic carbocycles. The molecule has 4 rings (SSSR count). The fourth-order valence-corrected chi connectivity index (χ4v) is 4.79. The van der Waals surface area contributed by atoms with Gasteiger partial charge in [-0.15, -0.1) is 0 Å². The summed E-state index contributed by atoms with van der Waals surface area (Å²) in [5.74, 6) is -0.304. The van der Waals surface area contributed by atoms with E-state index >= 15 is 0 Å². The van der Waals surface area contributed by atoms with Gasteiger partial charge in [0, 0.05) is 17.1 Å². The average Bonchev–Trinajstić information content (AvgIpc) is 2.92. The number of nitrogens with one attached hydrogen (secondary N) is 1. The third kappa shape index (κ3) is 6.69. The van der Waals surface area contributed by atoms with Gasteiger partial charge in [0.15, 0.2) is 5.17 Å². The highest BCUT2D eigenvalue weighted by molar-refractivity contribution is 8.15. The molecule has 0 radical (unpaired) electrons. The van der Waals surface area contributed by atoms with Crippen molar-refractivity contribution in [2.24, 2.45) is 4.99 Å². The number of nitrogens with zero attached hydrogens (tertiary/aromatic N) is 2. The van der Waals surface area contributed by atoms with Crippen LogP contribution in [0.25, 0.3) is 0 Å². The number of esters is 1. The fraction of sp³-hybridized carbons (Fsp3) is 0.185. The molecule has 2 amide bonds. The fourth-order valence-electron chi connectivity index (χ4n) is 3.57. The van der Waals surface area contributed by atoms with Crippen molar-refractivity contribution in [1.82, 2.24) is 4.90 Å². The molecule has 0 aromatic heterocycles. The Hall–Kier alpha value is -3.82. The summed E-state index contributed by atoms with van der Waals surface area (Å²) in [6.45, 7) is 0.297. The van der Waals surface area contributed by atoms with Crippen molar-refractivity contribution in [3.8, 4) is 5.75 Å². The van der Waals surface area contributed by atoms with Crippen molar-refractivity contribution in [2.75, 3.05) is 19.5 Å². The topological polar surface area (TPSA) is 97.3 Å². The van der Waals surface area contributed by atoms with Crippen LogP contribution in [0.4, 0.5) is 11.4 Å². The van der Waals surface area contributed by atoms with E-state index < -0.39 is 11.2 Å². The van der Waals surface area contributed by atoms with Crippen LogP contribution in [0, 0.1) is 0 Å². The minimum Gasteiger partial charge on any atom is -0.497 e. The van der Waals surface area contributed by atoms with E-state index in [1.165, 1.54) is 18.9 Å². The molecule has 0 saturated carbocycles. The van der Waals surface area contributed by atoms with Gasteiger partial charge in [0.1, 0.15) is 11.0 Å². The molecule has 1 atom stereocenters. The minimum absolute atomic E-state index is 0.00648. The largest absolute Gasteiger partial charge is 0.497 e. The molecule has 1 aliphatic rings. The Morgan fingerprint density at radius 1 is 1.03 bits per heavy atom. The number of ether oxygens (including phenoxy) is 2. The molecule has 0 unspecified atom stereocenters. The van der Waals surface area contributed by atoms with Crippen molar-refractivity contribution < 1.29 is 23.9 Å². The number of halogens is 1. The van der Waals surface area contributed by atoms with E-state index in [0.717, 1.165) is 11.3 Å². The number of amidine groups is 1. The van der Waals surface area contributed by atoms with E-state index in [2.05, 4.69) is 10.3 Å². The normalized spacial score (nSPS) is 16.4. The summed E-state index contributed by atoms with van der Waals surface area (Å²) in [6, 6.07) is 20.7. The second-order valence-electron chi connectivity index (χ2n) is 8.07. The van der Waals surface area contributed by atoms with Gasteiger partial charge in [-0.05, 0) is 66.2 Å². The molecule has 1 saturated heterocycles. The van der Waals surface area contributed by atoms with Crippen molar-refractivity contribution in [1.29, 1.82) is 0 Å². The van der Waals surface area contributed by atoms with Gasteiger partial charge in [0.05, 0.1) is 32.0 Å². The Labute approximate surface area is 223 Å². The Bertz CT molecular complexity index is 1310. The quantitative estimate of drug-likeness (QED) is 0.411. The molecule has 37 heavy (non-hydrogen) atoms. The van der Waals surface area contributed by atoms with Crippen LogP contribution in [0.2, 0.25) is 5.02 Å². The number of anilines is 1. The molecular formula is C27H24ClN3O5S. The SMILES string of the molecule is COC(=O)c1ccc(NC(=O)[C@H]2CC(=O)N(Cc3ccc(OC)cc3)C(=Nc3ccc(Cl)cc3)S2)cc1. The zero-order valence-electron chi connectivity index (χ0n) is 20.1. The molecule has 8 nitrogen and oxygen atoms in total. The van der Waals surface area contributed by atoms with Crippen LogP contribution >= 0.6 is 23.4 Å². The van der Waals surface area contributed by atoms with Gasteiger partial charge in [-0.2, -0.15) is 0 Å². The third-order valence-electron chi connectivity index (χ3n) is 5.56. The lowest BCUT2D eigenvalue weighted by molar-refractivity contribution is -0.129. The van der Waals surface area contributed by atoms with Gasteiger partial charge in [0.2, 0.25) is 11.8 Å². The standard InChI is InChI=1S/C27H24ClN3O5S/c1-35-22-13-3-17(4-14-22)16-31-24(32)15-23(37-27(31)30-21-11-7-19(28)8-12-21)25(33)29-20-9-5-18(6-10-20)26(34)36-2/h3-14,23H,15-16H2,1-2H3,(H,29,33)/t23-/m1/s1. The zero-order valence-corrected chi connectivity index (χ0v) is 21.7. The number of carbonyl (C=O) groups is 3. The molecule has 10 heteroatoms. The summed E-state index contributed by atoms with van der Waals surface area (Å²) < 4.78 is 9.91. The highest BCUT2D eigenvalue weighted by atomic mass is 35.5. The van der Waals surface area contributed by atoms with Crippen LogP contribution in [-0.2, 0) is 20.9 Å². The Balaban J connectivity index is 1.55. The van der Waals surface area contributed by atoms with E-state index in [1.54, 1.807) is 60.5 Å². The van der Waals surface area contributed by atoms with E-state index in [0.29, 0.717) is 33.7 Å². The maximum atomic E-state index is 13.3. The second kappa shape index (κ2) is 11.9. The predicted octanol–water partition coefficient (Wildman–Crippen LogP) is 5.30. The van der Waals surface area contributed by atoms with E-state index in [1.807, 2.05) is 24.3 Å². The van der Waals surface area contributed by atoms with Gasteiger partial charge in [0.25, 0.3) is 0 Å². The summed E-state index contributed by atoms with van der Waals surface area (Å²) in [4.78, 5) is 44.2. The number of hydrogen-bond donors (Lipinski definition) is 1. The van der Waals surface area contributed by atoms with Crippen LogP contribution in [-0.4, -0.2) is 47.3 Å². The zero-order chi connectivity index (χ0) is 26.4. The van der Waals surface area contributed by atoms with Crippen molar-refractivity contribution >= 4 is 57.7 Å². The molecule has 0 bridgehead atoms. The lowest BCUT2D eigenvalue weighted by Gasteiger charge is -2.32. The number of thioether (sulfide) groups is 1. The van der Waals surface area contributed by atoms with Gasteiger partial charge >= 0.3 is 5.97 Å². The van der Waals surface area contributed by atoms with Crippen LogP contribution < -0.4 is 10.1 Å². The molecule has 190 valence electrons. The molecular weight excluding hydrogens is 514 g/mol. The van der Waals surface area contributed by atoms with Gasteiger partial charge in [-0.25, -0.2) is 9.79 Å². The molecule has 0 spiro atoms. The molecule has 1 heterocycles. The number of methoxy groups -OCH3 is 2.